The van der Waals surface area contributed by atoms with E-state index in [-0.39, 0.29) is 29.4 Å². The molecular formula is C31H38F2N6O3. The van der Waals surface area contributed by atoms with Crippen LogP contribution in [0, 0.1) is 17.6 Å². The van der Waals surface area contributed by atoms with Crippen LogP contribution in [0.5, 0.6) is 5.75 Å². The van der Waals surface area contributed by atoms with E-state index in [0.717, 1.165) is 31.1 Å². The van der Waals surface area contributed by atoms with Gasteiger partial charge in [-0.15, -0.1) is 0 Å². The summed E-state index contributed by atoms with van der Waals surface area (Å²) >= 11 is 0. The van der Waals surface area contributed by atoms with Gasteiger partial charge in [0.15, 0.2) is 17.4 Å². The van der Waals surface area contributed by atoms with Crippen LogP contribution in [0.2, 0.25) is 0 Å². The second-order valence-electron chi connectivity index (χ2n) is 12.2. The Hall–Kier alpha value is -4.02. The van der Waals surface area contributed by atoms with Crippen molar-refractivity contribution in [2.75, 3.05) is 43.0 Å². The fourth-order valence-electron chi connectivity index (χ4n) is 5.29. The van der Waals surface area contributed by atoms with E-state index in [4.69, 9.17) is 9.47 Å². The number of nitrogens with zero attached hydrogens (tertiary/aromatic N) is 5. The minimum absolute atomic E-state index is 0.0161. The number of carbonyl (C=O) groups is 1. The SMILES string of the molecule is CC(C)CN1CCOc2c(F)cc(-c3nc(Nc4ccc(C5CCN(C(=O)OC(C)(C)C)CC5)cn4)ncc3F)cc21. The second kappa shape index (κ2) is 12.1. The molecule has 1 amide bonds. The molecule has 0 unspecified atom stereocenters. The van der Waals surface area contributed by atoms with E-state index < -0.39 is 17.2 Å². The van der Waals surface area contributed by atoms with Gasteiger partial charge >= 0.3 is 6.09 Å². The summed E-state index contributed by atoms with van der Waals surface area (Å²) in [5, 5.41) is 3.03. The number of amides is 1. The van der Waals surface area contributed by atoms with Crippen LogP contribution < -0.4 is 15.0 Å². The molecule has 3 aromatic rings. The van der Waals surface area contributed by atoms with Gasteiger partial charge in [0.25, 0.3) is 0 Å². The van der Waals surface area contributed by atoms with E-state index in [1.165, 1.54) is 6.07 Å². The van der Waals surface area contributed by atoms with Gasteiger partial charge in [-0.05, 0) is 69.2 Å². The number of benzene rings is 1. The van der Waals surface area contributed by atoms with Gasteiger partial charge in [0, 0.05) is 31.4 Å². The van der Waals surface area contributed by atoms with Crippen molar-refractivity contribution >= 4 is 23.5 Å². The number of anilines is 3. The zero-order chi connectivity index (χ0) is 30.0. The quantitative estimate of drug-likeness (QED) is 0.352. The molecule has 5 rings (SSSR count). The highest BCUT2D eigenvalue weighted by molar-refractivity contribution is 5.73. The number of likely N-dealkylation sites (tertiary alicyclic amines) is 1. The third-order valence-corrected chi connectivity index (χ3v) is 7.22. The zero-order valence-electron chi connectivity index (χ0n) is 24.8. The smallest absolute Gasteiger partial charge is 0.410 e. The fourth-order valence-corrected chi connectivity index (χ4v) is 5.29. The Morgan fingerprint density at radius 3 is 2.52 bits per heavy atom. The van der Waals surface area contributed by atoms with Crippen molar-refractivity contribution < 1.29 is 23.0 Å². The summed E-state index contributed by atoms with van der Waals surface area (Å²) in [6.07, 6.45) is 4.21. The molecule has 0 bridgehead atoms. The predicted molar refractivity (Wildman–Crippen MR) is 157 cm³/mol. The topological polar surface area (TPSA) is 92.7 Å². The van der Waals surface area contributed by atoms with Crippen molar-refractivity contribution in [2.24, 2.45) is 5.92 Å². The van der Waals surface area contributed by atoms with Gasteiger partial charge in [-0.1, -0.05) is 19.9 Å². The Morgan fingerprint density at radius 2 is 1.86 bits per heavy atom. The lowest BCUT2D eigenvalue weighted by Crippen LogP contribution is -2.41. The van der Waals surface area contributed by atoms with Crippen molar-refractivity contribution in [2.45, 2.75) is 59.0 Å². The highest BCUT2D eigenvalue weighted by Gasteiger charge is 2.28. The number of pyridine rings is 1. The summed E-state index contributed by atoms with van der Waals surface area (Å²) in [6.45, 7) is 12.8. The van der Waals surface area contributed by atoms with E-state index in [1.807, 2.05) is 32.9 Å². The summed E-state index contributed by atoms with van der Waals surface area (Å²) < 4.78 is 41.0. The average Bonchev–Trinajstić information content (AvgIpc) is 2.94. The van der Waals surface area contributed by atoms with Gasteiger partial charge in [0.05, 0.1) is 18.4 Å². The molecule has 42 heavy (non-hydrogen) atoms. The molecule has 2 aromatic heterocycles. The molecule has 9 nitrogen and oxygen atoms in total. The van der Waals surface area contributed by atoms with Crippen molar-refractivity contribution in [3.63, 3.8) is 0 Å². The van der Waals surface area contributed by atoms with Crippen LogP contribution in [0.15, 0.2) is 36.7 Å². The Kier molecular flexibility index (Phi) is 8.47. The summed E-state index contributed by atoms with van der Waals surface area (Å²) in [7, 11) is 0. The summed E-state index contributed by atoms with van der Waals surface area (Å²) in [6, 6.07) is 6.77. The van der Waals surface area contributed by atoms with Crippen molar-refractivity contribution in [3.05, 3.63) is 53.9 Å². The summed E-state index contributed by atoms with van der Waals surface area (Å²) in [5.41, 5.74) is 1.43. The maximum Gasteiger partial charge on any atom is 0.410 e. The molecule has 1 aromatic carbocycles. The molecular weight excluding hydrogens is 542 g/mol. The van der Waals surface area contributed by atoms with E-state index in [0.29, 0.717) is 49.2 Å². The number of ether oxygens (including phenoxy) is 2. The number of halogens is 2. The number of carbonyl (C=O) groups excluding carboxylic acids is 1. The van der Waals surface area contributed by atoms with Gasteiger partial charge in [-0.25, -0.2) is 28.5 Å². The van der Waals surface area contributed by atoms with Gasteiger partial charge in [-0.2, -0.15) is 0 Å². The minimum atomic E-state index is -0.659. The third-order valence-electron chi connectivity index (χ3n) is 7.22. The number of hydrogen-bond acceptors (Lipinski definition) is 8. The molecule has 2 aliphatic rings. The van der Waals surface area contributed by atoms with Crippen LogP contribution in [0.3, 0.4) is 0 Å². The molecule has 0 saturated carbocycles. The molecule has 1 N–H and O–H groups in total. The van der Waals surface area contributed by atoms with Crippen molar-refractivity contribution in [3.8, 4) is 17.0 Å². The number of hydrogen-bond donors (Lipinski definition) is 1. The van der Waals surface area contributed by atoms with E-state index in [2.05, 4.69) is 39.0 Å². The number of aromatic nitrogens is 3. The maximum absolute atomic E-state index is 15.1. The molecule has 0 radical (unpaired) electrons. The predicted octanol–water partition coefficient (Wildman–Crippen LogP) is 6.53. The first-order valence-electron chi connectivity index (χ1n) is 14.4. The van der Waals surface area contributed by atoms with Crippen LogP contribution >= 0.6 is 0 Å². The summed E-state index contributed by atoms with van der Waals surface area (Å²) in [4.78, 5) is 29.1. The van der Waals surface area contributed by atoms with Gasteiger partial charge in [0.2, 0.25) is 5.95 Å². The zero-order valence-corrected chi connectivity index (χ0v) is 24.8. The van der Waals surface area contributed by atoms with E-state index in [9.17, 15) is 9.18 Å². The van der Waals surface area contributed by atoms with Crippen LogP contribution in [0.25, 0.3) is 11.3 Å². The van der Waals surface area contributed by atoms with Crippen molar-refractivity contribution in [1.82, 2.24) is 19.9 Å². The first-order chi connectivity index (χ1) is 20.0. The van der Waals surface area contributed by atoms with Crippen molar-refractivity contribution in [1.29, 1.82) is 0 Å². The third kappa shape index (κ3) is 6.88. The van der Waals surface area contributed by atoms with E-state index >= 15 is 4.39 Å². The molecule has 224 valence electrons. The average molecular weight is 581 g/mol. The lowest BCUT2D eigenvalue weighted by Gasteiger charge is -2.33. The molecule has 4 heterocycles. The Balaban J connectivity index is 1.27. The Labute approximate surface area is 245 Å². The number of rotatable bonds is 6. The van der Waals surface area contributed by atoms with Crippen LogP contribution in [0.4, 0.5) is 31.0 Å². The van der Waals surface area contributed by atoms with Gasteiger partial charge in [-0.3, -0.25) is 0 Å². The highest BCUT2D eigenvalue weighted by Crippen LogP contribution is 2.39. The molecule has 2 aliphatic heterocycles. The molecule has 1 saturated heterocycles. The maximum atomic E-state index is 15.1. The van der Waals surface area contributed by atoms with Crippen LogP contribution in [-0.4, -0.2) is 64.3 Å². The van der Waals surface area contributed by atoms with Gasteiger partial charge < -0.3 is 24.6 Å². The molecule has 1 fully saturated rings. The molecule has 0 spiro atoms. The minimum Gasteiger partial charge on any atom is -0.486 e. The van der Waals surface area contributed by atoms with E-state index in [1.54, 1.807) is 17.2 Å². The monoisotopic (exact) mass is 580 g/mol. The first kappa shape index (κ1) is 29.5. The number of nitrogens with one attached hydrogen (secondary N) is 1. The Morgan fingerprint density at radius 1 is 1.10 bits per heavy atom. The molecule has 0 aliphatic carbocycles. The van der Waals surface area contributed by atoms with Gasteiger partial charge in [0.1, 0.15) is 23.7 Å². The second-order valence-corrected chi connectivity index (χ2v) is 12.2. The first-order valence-corrected chi connectivity index (χ1v) is 14.4. The Bertz CT molecular complexity index is 1420. The molecule has 11 heteroatoms. The molecule has 0 atom stereocenters. The van der Waals surface area contributed by atoms with Crippen LogP contribution in [0.1, 0.15) is 58.9 Å². The van der Waals surface area contributed by atoms with Crippen LogP contribution in [-0.2, 0) is 4.74 Å². The lowest BCUT2D eigenvalue weighted by atomic mass is 9.90. The summed E-state index contributed by atoms with van der Waals surface area (Å²) in [5.74, 6) is 0.237. The largest absolute Gasteiger partial charge is 0.486 e. The number of fused-ring (bicyclic) bond motifs is 1. The fraction of sp³-hybridized carbons (Fsp3) is 0.484. The highest BCUT2D eigenvalue weighted by atomic mass is 19.1. The normalized spacial score (nSPS) is 15.8. The lowest BCUT2D eigenvalue weighted by molar-refractivity contribution is 0.0205. The number of piperidine rings is 1. The standard InChI is InChI=1S/C31H38F2N6O3/c1-19(2)18-39-12-13-41-28-23(32)14-22(15-25(28)39)27-24(33)17-35-29(37-27)36-26-7-6-21(16-34-26)20-8-10-38(11-9-20)30(40)42-31(3,4)5/h6-7,14-17,19-20H,8-13,18H2,1-5H3,(H,34,35,36,37).